The lowest BCUT2D eigenvalue weighted by Crippen LogP contribution is -2.33. The van der Waals surface area contributed by atoms with E-state index in [1.165, 1.54) is 24.3 Å². The summed E-state index contributed by atoms with van der Waals surface area (Å²) in [6, 6.07) is 12.1. The molecule has 0 spiro atoms. The van der Waals surface area contributed by atoms with Crippen LogP contribution in [-0.2, 0) is 11.3 Å². The molecule has 3 rings (SSSR count). The van der Waals surface area contributed by atoms with Gasteiger partial charge in [-0.3, -0.25) is 19.5 Å². The number of rotatable bonds is 7. The Morgan fingerprint density at radius 2 is 1.78 bits per heavy atom. The van der Waals surface area contributed by atoms with E-state index < -0.39 is 0 Å². The lowest BCUT2D eigenvalue weighted by molar-refractivity contribution is -0.121. The Kier molecular flexibility index (Phi) is 5.65. The minimum absolute atomic E-state index is 0.0325. The largest absolute Gasteiger partial charge is 0.492 e. The number of hydrogen-bond donors (Lipinski definition) is 2. The predicted molar refractivity (Wildman–Crippen MR) is 98.4 cm³/mol. The molecule has 0 atom stereocenters. The van der Waals surface area contributed by atoms with E-state index in [0.29, 0.717) is 16.5 Å². The molecule has 0 saturated heterocycles. The van der Waals surface area contributed by atoms with Crippen molar-refractivity contribution in [3.8, 4) is 5.75 Å². The molecule has 0 aliphatic heterocycles. The molecule has 2 aromatic carbocycles. The van der Waals surface area contributed by atoms with Gasteiger partial charge in [-0.1, -0.05) is 12.1 Å². The second kappa shape index (κ2) is 8.31. The highest BCUT2D eigenvalue weighted by molar-refractivity contribution is 5.80. The fourth-order valence-corrected chi connectivity index (χ4v) is 2.60. The van der Waals surface area contributed by atoms with E-state index >= 15 is 0 Å². The second-order valence-corrected chi connectivity index (χ2v) is 5.85. The van der Waals surface area contributed by atoms with Crippen molar-refractivity contribution in [2.45, 2.75) is 13.0 Å². The van der Waals surface area contributed by atoms with Gasteiger partial charge in [0.15, 0.2) is 0 Å². The lowest BCUT2D eigenvalue weighted by Gasteiger charge is -2.09. The SMILES string of the molecule is O=C(CCn1[nH]c(=O)c2ccccc2c1=O)NCCOc1ccc(F)cc1. The Morgan fingerprint density at radius 3 is 2.52 bits per heavy atom. The van der Waals surface area contributed by atoms with Crippen molar-refractivity contribution in [1.82, 2.24) is 15.1 Å². The molecule has 1 heterocycles. The van der Waals surface area contributed by atoms with Crippen LogP contribution in [0.25, 0.3) is 10.8 Å². The van der Waals surface area contributed by atoms with Gasteiger partial charge in [-0.15, -0.1) is 0 Å². The van der Waals surface area contributed by atoms with E-state index in [4.69, 9.17) is 4.74 Å². The molecular formula is C19H18FN3O4. The van der Waals surface area contributed by atoms with Crippen LogP contribution in [0.4, 0.5) is 4.39 Å². The lowest BCUT2D eigenvalue weighted by atomic mass is 10.2. The van der Waals surface area contributed by atoms with Crippen LogP contribution in [0.3, 0.4) is 0 Å². The summed E-state index contributed by atoms with van der Waals surface area (Å²) in [4.78, 5) is 36.3. The number of aryl methyl sites for hydroxylation is 1. The summed E-state index contributed by atoms with van der Waals surface area (Å²) in [6.07, 6.45) is 0.0325. The van der Waals surface area contributed by atoms with Crippen LogP contribution >= 0.6 is 0 Å². The van der Waals surface area contributed by atoms with Crippen LogP contribution in [0.2, 0.25) is 0 Å². The first-order chi connectivity index (χ1) is 13.0. The summed E-state index contributed by atoms with van der Waals surface area (Å²) in [5, 5.41) is 5.78. The first-order valence-corrected chi connectivity index (χ1v) is 8.41. The van der Waals surface area contributed by atoms with E-state index in [9.17, 15) is 18.8 Å². The minimum Gasteiger partial charge on any atom is -0.492 e. The van der Waals surface area contributed by atoms with E-state index in [1.54, 1.807) is 24.3 Å². The summed E-state index contributed by atoms with van der Waals surface area (Å²) in [7, 11) is 0. The van der Waals surface area contributed by atoms with Crippen LogP contribution in [0, 0.1) is 5.82 Å². The zero-order chi connectivity index (χ0) is 19.2. The van der Waals surface area contributed by atoms with Crippen LogP contribution in [0.5, 0.6) is 5.75 Å². The normalized spacial score (nSPS) is 10.7. The molecule has 0 bridgehead atoms. The maximum Gasteiger partial charge on any atom is 0.273 e. The van der Waals surface area contributed by atoms with Crippen LogP contribution < -0.4 is 21.2 Å². The zero-order valence-electron chi connectivity index (χ0n) is 14.4. The summed E-state index contributed by atoms with van der Waals surface area (Å²) in [5.41, 5.74) is -0.726. The standard InChI is InChI=1S/C19H18FN3O4/c20-13-5-7-14(8-6-13)27-12-10-21-17(24)9-11-23-19(26)16-4-2-1-3-15(16)18(25)22-23/h1-8H,9-12H2,(H,21,24)(H,22,25). The number of fused-ring (bicyclic) bond motifs is 1. The predicted octanol–water partition coefficient (Wildman–Crippen LogP) is 1.41. The molecule has 7 nitrogen and oxygen atoms in total. The summed E-state index contributed by atoms with van der Waals surface area (Å²) in [6.45, 7) is 0.549. The maximum atomic E-state index is 12.8. The van der Waals surface area contributed by atoms with Gasteiger partial charge in [0.1, 0.15) is 18.2 Å². The van der Waals surface area contributed by atoms with Gasteiger partial charge in [0, 0.05) is 6.42 Å². The molecule has 0 fully saturated rings. The highest BCUT2D eigenvalue weighted by atomic mass is 19.1. The fourth-order valence-electron chi connectivity index (χ4n) is 2.60. The zero-order valence-corrected chi connectivity index (χ0v) is 14.4. The average Bonchev–Trinajstić information content (AvgIpc) is 2.68. The van der Waals surface area contributed by atoms with Gasteiger partial charge >= 0.3 is 0 Å². The van der Waals surface area contributed by atoms with Crippen LogP contribution in [0.15, 0.2) is 58.1 Å². The van der Waals surface area contributed by atoms with Crippen molar-refractivity contribution in [1.29, 1.82) is 0 Å². The molecule has 140 valence electrons. The number of carbonyl (C=O) groups is 1. The topological polar surface area (TPSA) is 93.2 Å². The third-order valence-electron chi connectivity index (χ3n) is 3.95. The number of H-pyrrole nitrogens is 1. The third kappa shape index (κ3) is 4.60. The molecule has 1 amide bonds. The third-order valence-corrected chi connectivity index (χ3v) is 3.95. The molecule has 0 aliphatic rings. The van der Waals surface area contributed by atoms with Crippen molar-refractivity contribution < 1.29 is 13.9 Å². The number of aromatic nitrogens is 2. The summed E-state index contributed by atoms with van der Waals surface area (Å²) in [5.74, 6) is -0.123. The molecule has 1 aromatic heterocycles. The smallest absolute Gasteiger partial charge is 0.273 e. The first kappa shape index (κ1) is 18.4. The maximum absolute atomic E-state index is 12.8. The average molecular weight is 371 g/mol. The van der Waals surface area contributed by atoms with Gasteiger partial charge in [0.2, 0.25) is 5.91 Å². The highest BCUT2D eigenvalue weighted by Gasteiger charge is 2.08. The number of nitrogens with zero attached hydrogens (tertiary/aromatic N) is 1. The monoisotopic (exact) mass is 371 g/mol. The van der Waals surface area contributed by atoms with Crippen LogP contribution in [-0.4, -0.2) is 28.8 Å². The Labute approximate surface area is 153 Å². The molecule has 0 unspecified atom stereocenters. The molecule has 27 heavy (non-hydrogen) atoms. The van der Waals surface area contributed by atoms with Gasteiger partial charge in [0.25, 0.3) is 11.1 Å². The van der Waals surface area contributed by atoms with Crippen molar-refractivity contribution in [2.24, 2.45) is 0 Å². The molecule has 0 saturated carbocycles. The molecule has 2 N–H and O–H groups in total. The molecule has 8 heteroatoms. The van der Waals surface area contributed by atoms with Gasteiger partial charge in [-0.25, -0.2) is 9.07 Å². The Bertz CT molecular complexity index is 1060. The summed E-state index contributed by atoms with van der Waals surface area (Å²) < 4.78 is 19.3. The highest BCUT2D eigenvalue weighted by Crippen LogP contribution is 2.10. The Morgan fingerprint density at radius 1 is 1.07 bits per heavy atom. The number of amides is 1. The van der Waals surface area contributed by atoms with Gasteiger partial charge in [-0.2, -0.15) is 0 Å². The van der Waals surface area contributed by atoms with Gasteiger partial charge < -0.3 is 10.1 Å². The summed E-state index contributed by atoms with van der Waals surface area (Å²) >= 11 is 0. The first-order valence-electron chi connectivity index (χ1n) is 8.41. The minimum atomic E-state index is -0.377. The van der Waals surface area contributed by atoms with Gasteiger partial charge in [0.05, 0.1) is 23.9 Å². The molecular weight excluding hydrogens is 353 g/mol. The number of ether oxygens (including phenoxy) is 1. The number of aromatic amines is 1. The number of benzene rings is 2. The Hall–Kier alpha value is -3.42. The number of hydrogen-bond acceptors (Lipinski definition) is 4. The second-order valence-electron chi connectivity index (χ2n) is 5.85. The molecule has 0 aliphatic carbocycles. The van der Waals surface area contributed by atoms with Crippen molar-refractivity contribution in [3.05, 3.63) is 75.1 Å². The quantitative estimate of drug-likeness (QED) is 0.614. The molecule has 0 radical (unpaired) electrons. The number of carbonyl (C=O) groups excluding carboxylic acids is 1. The number of halogens is 1. The van der Waals surface area contributed by atoms with E-state index in [1.807, 2.05) is 0 Å². The van der Waals surface area contributed by atoms with Crippen molar-refractivity contribution in [2.75, 3.05) is 13.2 Å². The number of nitrogens with one attached hydrogen (secondary N) is 2. The van der Waals surface area contributed by atoms with Crippen molar-refractivity contribution in [3.63, 3.8) is 0 Å². The van der Waals surface area contributed by atoms with E-state index in [0.717, 1.165) is 4.68 Å². The molecule has 3 aromatic rings. The van der Waals surface area contributed by atoms with Crippen molar-refractivity contribution >= 4 is 16.7 Å². The van der Waals surface area contributed by atoms with E-state index in [-0.39, 0.29) is 49.0 Å². The fraction of sp³-hybridized carbons (Fsp3) is 0.211. The van der Waals surface area contributed by atoms with Gasteiger partial charge in [-0.05, 0) is 36.4 Å². The van der Waals surface area contributed by atoms with Crippen LogP contribution in [0.1, 0.15) is 6.42 Å². The van der Waals surface area contributed by atoms with E-state index in [2.05, 4.69) is 10.4 Å². The Balaban J connectivity index is 1.50.